The maximum Gasteiger partial charge on any atom is 0.263 e. The lowest BCUT2D eigenvalue weighted by Crippen LogP contribution is -2.29. The number of benzene rings is 1. The molecule has 1 amide bonds. The van der Waals surface area contributed by atoms with Gasteiger partial charge in [-0.15, -0.1) is 11.3 Å². The SMILES string of the molecule is CN(CCOCc1ccccc1)C(=O)c1cccs1. The van der Waals surface area contributed by atoms with E-state index in [0.717, 1.165) is 10.4 Å². The molecule has 0 aliphatic rings. The second kappa shape index (κ2) is 7.07. The van der Waals surface area contributed by atoms with Crippen LogP contribution in [0.2, 0.25) is 0 Å². The summed E-state index contributed by atoms with van der Waals surface area (Å²) >= 11 is 1.46. The number of amides is 1. The van der Waals surface area contributed by atoms with Crippen molar-refractivity contribution in [3.05, 3.63) is 58.3 Å². The third kappa shape index (κ3) is 4.19. The van der Waals surface area contributed by atoms with Gasteiger partial charge in [0.15, 0.2) is 0 Å². The molecule has 0 atom stereocenters. The molecule has 0 N–H and O–H groups in total. The second-order valence-electron chi connectivity index (χ2n) is 4.24. The molecule has 0 radical (unpaired) electrons. The van der Waals surface area contributed by atoms with Gasteiger partial charge >= 0.3 is 0 Å². The number of hydrogen-bond donors (Lipinski definition) is 0. The van der Waals surface area contributed by atoms with E-state index in [1.165, 1.54) is 11.3 Å². The Morgan fingerprint density at radius 3 is 2.68 bits per heavy atom. The molecule has 0 spiro atoms. The molecule has 0 aliphatic carbocycles. The number of hydrogen-bond acceptors (Lipinski definition) is 3. The number of carbonyl (C=O) groups is 1. The van der Waals surface area contributed by atoms with Gasteiger partial charge in [-0.1, -0.05) is 36.4 Å². The van der Waals surface area contributed by atoms with E-state index in [9.17, 15) is 4.79 Å². The van der Waals surface area contributed by atoms with Crippen molar-refractivity contribution in [3.8, 4) is 0 Å². The highest BCUT2D eigenvalue weighted by Crippen LogP contribution is 2.10. The molecule has 1 heterocycles. The molecular formula is C15H17NO2S. The molecule has 0 fully saturated rings. The van der Waals surface area contributed by atoms with Crippen molar-refractivity contribution >= 4 is 17.2 Å². The lowest BCUT2D eigenvalue weighted by atomic mass is 10.2. The number of ether oxygens (including phenoxy) is 1. The first-order chi connectivity index (χ1) is 9.27. The lowest BCUT2D eigenvalue weighted by molar-refractivity contribution is 0.0674. The van der Waals surface area contributed by atoms with E-state index in [2.05, 4.69) is 0 Å². The molecule has 3 nitrogen and oxygen atoms in total. The van der Waals surface area contributed by atoms with Crippen LogP contribution in [0.5, 0.6) is 0 Å². The van der Waals surface area contributed by atoms with Crippen molar-refractivity contribution in [1.29, 1.82) is 0 Å². The molecule has 0 unspecified atom stereocenters. The lowest BCUT2D eigenvalue weighted by Gasteiger charge is -2.16. The highest BCUT2D eigenvalue weighted by Gasteiger charge is 2.11. The van der Waals surface area contributed by atoms with E-state index >= 15 is 0 Å². The predicted octanol–water partition coefficient (Wildman–Crippen LogP) is 3.04. The van der Waals surface area contributed by atoms with Crippen LogP contribution in [0.1, 0.15) is 15.2 Å². The van der Waals surface area contributed by atoms with Gasteiger partial charge in [0.2, 0.25) is 0 Å². The van der Waals surface area contributed by atoms with Crippen molar-refractivity contribution in [2.75, 3.05) is 20.2 Å². The first kappa shape index (κ1) is 13.8. The maximum absolute atomic E-state index is 12.0. The van der Waals surface area contributed by atoms with Crippen LogP contribution >= 0.6 is 11.3 Å². The highest BCUT2D eigenvalue weighted by atomic mass is 32.1. The predicted molar refractivity (Wildman–Crippen MR) is 77.4 cm³/mol. The Labute approximate surface area is 117 Å². The van der Waals surface area contributed by atoms with Crippen LogP contribution in [-0.4, -0.2) is 31.0 Å². The number of nitrogens with zero attached hydrogens (tertiary/aromatic N) is 1. The van der Waals surface area contributed by atoms with Gasteiger partial charge in [-0.2, -0.15) is 0 Å². The van der Waals surface area contributed by atoms with Gasteiger partial charge < -0.3 is 9.64 Å². The first-order valence-electron chi connectivity index (χ1n) is 6.18. The molecule has 0 saturated heterocycles. The van der Waals surface area contributed by atoms with Gasteiger partial charge in [-0.25, -0.2) is 0 Å². The third-order valence-electron chi connectivity index (χ3n) is 2.76. The number of thiophene rings is 1. The monoisotopic (exact) mass is 275 g/mol. The average Bonchev–Trinajstić information content (AvgIpc) is 2.98. The third-order valence-corrected chi connectivity index (χ3v) is 3.62. The first-order valence-corrected chi connectivity index (χ1v) is 7.06. The summed E-state index contributed by atoms with van der Waals surface area (Å²) in [6.45, 7) is 1.73. The van der Waals surface area contributed by atoms with Gasteiger partial charge in [0.25, 0.3) is 5.91 Å². The Hall–Kier alpha value is -1.65. The minimum atomic E-state index is 0.0540. The molecule has 19 heavy (non-hydrogen) atoms. The summed E-state index contributed by atoms with van der Waals surface area (Å²) in [5.74, 6) is 0.0540. The van der Waals surface area contributed by atoms with Crippen LogP contribution < -0.4 is 0 Å². The molecular weight excluding hydrogens is 258 g/mol. The molecule has 1 aromatic heterocycles. The summed E-state index contributed by atoms with van der Waals surface area (Å²) < 4.78 is 5.57. The summed E-state index contributed by atoms with van der Waals surface area (Å²) in [5.41, 5.74) is 1.15. The maximum atomic E-state index is 12.0. The Balaban J connectivity index is 1.70. The van der Waals surface area contributed by atoms with Crippen LogP contribution in [-0.2, 0) is 11.3 Å². The number of rotatable bonds is 6. The van der Waals surface area contributed by atoms with Crippen molar-refractivity contribution in [2.45, 2.75) is 6.61 Å². The number of carbonyl (C=O) groups excluding carboxylic acids is 1. The normalized spacial score (nSPS) is 10.4. The van der Waals surface area contributed by atoms with Crippen LogP contribution in [0.25, 0.3) is 0 Å². The quantitative estimate of drug-likeness (QED) is 0.758. The molecule has 0 saturated carbocycles. The fourth-order valence-corrected chi connectivity index (χ4v) is 2.37. The average molecular weight is 275 g/mol. The van der Waals surface area contributed by atoms with Gasteiger partial charge in [-0.3, -0.25) is 4.79 Å². The Bertz CT molecular complexity index is 496. The van der Waals surface area contributed by atoms with Gasteiger partial charge in [-0.05, 0) is 17.0 Å². The zero-order valence-corrected chi connectivity index (χ0v) is 11.7. The second-order valence-corrected chi connectivity index (χ2v) is 5.19. The summed E-state index contributed by atoms with van der Waals surface area (Å²) in [5, 5.41) is 1.91. The topological polar surface area (TPSA) is 29.5 Å². The summed E-state index contributed by atoms with van der Waals surface area (Å²) in [7, 11) is 1.80. The molecule has 1 aromatic carbocycles. The zero-order chi connectivity index (χ0) is 13.5. The smallest absolute Gasteiger partial charge is 0.263 e. The summed E-state index contributed by atoms with van der Waals surface area (Å²) in [6.07, 6.45) is 0. The molecule has 4 heteroatoms. The van der Waals surface area contributed by atoms with Gasteiger partial charge in [0, 0.05) is 13.6 Å². The van der Waals surface area contributed by atoms with Crippen LogP contribution in [0.4, 0.5) is 0 Å². The van der Waals surface area contributed by atoms with Crippen LogP contribution in [0, 0.1) is 0 Å². The van der Waals surface area contributed by atoms with Gasteiger partial charge in [0.05, 0.1) is 18.1 Å². The van der Waals surface area contributed by atoms with Gasteiger partial charge in [0.1, 0.15) is 0 Å². The Kier molecular flexibility index (Phi) is 5.12. The summed E-state index contributed by atoms with van der Waals surface area (Å²) in [6, 6.07) is 13.8. The highest BCUT2D eigenvalue weighted by molar-refractivity contribution is 7.12. The zero-order valence-electron chi connectivity index (χ0n) is 10.9. The molecule has 0 aliphatic heterocycles. The van der Waals surface area contributed by atoms with Crippen LogP contribution in [0.15, 0.2) is 47.8 Å². The largest absolute Gasteiger partial charge is 0.375 e. The minimum absolute atomic E-state index is 0.0540. The molecule has 100 valence electrons. The van der Waals surface area contributed by atoms with Crippen molar-refractivity contribution < 1.29 is 9.53 Å². The van der Waals surface area contributed by atoms with Crippen molar-refractivity contribution in [2.24, 2.45) is 0 Å². The molecule has 2 aromatic rings. The molecule has 2 rings (SSSR count). The van der Waals surface area contributed by atoms with Crippen molar-refractivity contribution in [1.82, 2.24) is 4.90 Å². The van der Waals surface area contributed by atoms with E-state index < -0.39 is 0 Å². The Morgan fingerprint density at radius 1 is 1.21 bits per heavy atom. The van der Waals surface area contributed by atoms with Crippen molar-refractivity contribution in [3.63, 3.8) is 0 Å². The van der Waals surface area contributed by atoms with Crippen LogP contribution in [0.3, 0.4) is 0 Å². The van der Waals surface area contributed by atoms with E-state index in [4.69, 9.17) is 4.74 Å². The minimum Gasteiger partial charge on any atom is -0.375 e. The van der Waals surface area contributed by atoms with E-state index in [1.807, 2.05) is 47.8 Å². The molecule has 0 bridgehead atoms. The van der Waals surface area contributed by atoms with E-state index in [0.29, 0.717) is 19.8 Å². The number of likely N-dealkylation sites (N-methyl/N-ethyl adjacent to an activating group) is 1. The standard InChI is InChI=1S/C15H17NO2S/c1-16(15(17)14-8-5-11-19-14)9-10-18-12-13-6-3-2-4-7-13/h2-8,11H,9-10,12H2,1H3. The summed E-state index contributed by atoms with van der Waals surface area (Å²) in [4.78, 5) is 14.4. The van der Waals surface area contributed by atoms with E-state index in [1.54, 1.807) is 11.9 Å². The van der Waals surface area contributed by atoms with E-state index in [-0.39, 0.29) is 5.91 Å². The fourth-order valence-electron chi connectivity index (χ4n) is 1.66. The Morgan fingerprint density at radius 2 is 2.00 bits per heavy atom. The fraction of sp³-hybridized carbons (Fsp3) is 0.267.